The van der Waals surface area contributed by atoms with Crippen LogP contribution in [0.3, 0.4) is 0 Å². The number of allylic oxidation sites excluding steroid dienone is 2. The van der Waals surface area contributed by atoms with E-state index in [2.05, 4.69) is 0 Å². The summed E-state index contributed by atoms with van der Waals surface area (Å²) >= 11 is 0. The average molecular weight is 296 g/mol. The predicted octanol–water partition coefficient (Wildman–Crippen LogP) is 1.58. The summed E-state index contributed by atoms with van der Waals surface area (Å²) in [6.07, 6.45) is 5.73. The first kappa shape index (κ1) is 13.9. The molecule has 6 heteroatoms. The van der Waals surface area contributed by atoms with Crippen LogP contribution in [0.1, 0.15) is 5.56 Å². The van der Waals surface area contributed by atoms with Gasteiger partial charge in [-0.1, -0.05) is 30.3 Å². The van der Waals surface area contributed by atoms with Crippen LogP contribution in [0.5, 0.6) is 0 Å². The molecule has 0 N–H and O–H groups in total. The van der Waals surface area contributed by atoms with E-state index >= 15 is 0 Å². The summed E-state index contributed by atoms with van der Waals surface area (Å²) in [5.74, 6) is -0.888. The molecule has 1 heterocycles. The summed E-state index contributed by atoms with van der Waals surface area (Å²) < 4.78 is 0. The van der Waals surface area contributed by atoms with Crippen LogP contribution in [-0.2, 0) is 9.59 Å². The Bertz CT molecular complexity index is 759. The van der Waals surface area contributed by atoms with Gasteiger partial charge >= 0.3 is 11.6 Å². The summed E-state index contributed by atoms with van der Waals surface area (Å²) in [6, 6.07) is 8.71. The molecule has 0 aromatic heterocycles. The van der Waals surface area contributed by atoms with E-state index in [-0.39, 0.29) is 11.4 Å². The zero-order valence-corrected chi connectivity index (χ0v) is 11.7. The standard InChI is InChI=1S/C16H12N2O4/c1-17-15(20)14(18(21)22)13(11-5-3-2-4-6-11)16(17)9-7-12(19)8-10-16/h2-10H,1H3. The van der Waals surface area contributed by atoms with Crippen LogP contribution in [0.15, 0.2) is 60.3 Å². The van der Waals surface area contributed by atoms with Crippen LogP contribution < -0.4 is 0 Å². The Kier molecular flexibility index (Phi) is 3.02. The molecule has 110 valence electrons. The molecule has 0 bridgehead atoms. The van der Waals surface area contributed by atoms with Gasteiger partial charge in [0.25, 0.3) is 0 Å². The van der Waals surface area contributed by atoms with E-state index in [4.69, 9.17) is 0 Å². The summed E-state index contributed by atoms with van der Waals surface area (Å²) in [5.41, 5.74) is -0.701. The van der Waals surface area contributed by atoms with E-state index in [1.807, 2.05) is 0 Å². The Labute approximate surface area is 126 Å². The number of carbonyl (C=O) groups excluding carboxylic acids is 2. The van der Waals surface area contributed by atoms with Gasteiger partial charge in [-0.15, -0.1) is 0 Å². The lowest BCUT2D eigenvalue weighted by molar-refractivity contribution is -0.417. The van der Waals surface area contributed by atoms with Gasteiger partial charge in [0, 0.05) is 7.05 Å². The number of hydrogen-bond donors (Lipinski definition) is 0. The molecule has 1 aliphatic carbocycles. The van der Waals surface area contributed by atoms with Gasteiger partial charge < -0.3 is 4.90 Å². The monoisotopic (exact) mass is 296 g/mol. The lowest BCUT2D eigenvalue weighted by Gasteiger charge is -2.33. The molecule has 0 saturated heterocycles. The maximum atomic E-state index is 12.4. The molecular formula is C16H12N2O4. The number of benzene rings is 1. The van der Waals surface area contributed by atoms with Crippen molar-refractivity contribution in [1.29, 1.82) is 0 Å². The topological polar surface area (TPSA) is 80.5 Å². The molecular weight excluding hydrogens is 284 g/mol. The molecule has 22 heavy (non-hydrogen) atoms. The fourth-order valence-electron chi connectivity index (χ4n) is 2.85. The Morgan fingerprint density at radius 2 is 1.68 bits per heavy atom. The molecule has 3 rings (SSSR count). The van der Waals surface area contributed by atoms with E-state index in [9.17, 15) is 19.7 Å². The SMILES string of the molecule is CN1C(=O)C([N+](=O)[O-])=C(c2ccccc2)C12C=CC(=O)C=C2. The molecule has 0 radical (unpaired) electrons. The first-order chi connectivity index (χ1) is 10.5. The van der Waals surface area contributed by atoms with E-state index < -0.39 is 22.1 Å². The van der Waals surface area contributed by atoms with Crippen molar-refractivity contribution in [3.63, 3.8) is 0 Å². The molecule has 1 aliphatic heterocycles. The highest BCUT2D eigenvalue weighted by molar-refractivity contribution is 6.11. The number of amides is 1. The molecule has 6 nitrogen and oxygen atoms in total. The number of hydrogen-bond acceptors (Lipinski definition) is 4. The maximum Gasteiger partial charge on any atom is 0.340 e. The van der Waals surface area contributed by atoms with Gasteiger partial charge in [-0.2, -0.15) is 0 Å². The number of carbonyl (C=O) groups is 2. The first-order valence-corrected chi connectivity index (χ1v) is 6.62. The van der Waals surface area contributed by atoms with Gasteiger partial charge in [-0.25, -0.2) is 0 Å². The van der Waals surface area contributed by atoms with Gasteiger partial charge in [0.2, 0.25) is 0 Å². The first-order valence-electron chi connectivity index (χ1n) is 6.62. The molecule has 2 aliphatic rings. The number of likely N-dealkylation sites (N-methyl/N-ethyl adjacent to an activating group) is 1. The molecule has 0 atom stereocenters. The Morgan fingerprint density at radius 1 is 1.09 bits per heavy atom. The Hall–Kier alpha value is -3.02. The van der Waals surface area contributed by atoms with Crippen molar-refractivity contribution in [2.75, 3.05) is 7.05 Å². The second kappa shape index (κ2) is 4.77. The second-order valence-corrected chi connectivity index (χ2v) is 5.11. The Balaban J connectivity index is 2.32. The third-order valence-corrected chi connectivity index (χ3v) is 3.95. The third-order valence-electron chi connectivity index (χ3n) is 3.95. The number of ketones is 1. The van der Waals surface area contributed by atoms with Crippen molar-refractivity contribution >= 4 is 17.3 Å². The second-order valence-electron chi connectivity index (χ2n) is 5.11. The van der Waals surface area contributed by atoms with Crippen molar-refractivity contribution < 1.29 is 14.5 Å². The minimum Gasteiger partial charge on any atom is -0.319 e. The van der Waals surface area contributed by atoms with E-state index in [1.165, 1.54) is 36.3 Å². The fourth-order valence-corrected chi connectivity index (χ4v) is 2.85. The molecule has 0 fully saturated rings. The van der Waals surface area contributed by atoms with Crippen LogP contribution in [0.4, 0.5) is 0 Å². The average Bonchev–Trinajstić information content (AvgIpc) is 2.73. The molecule has 1 aromatic carbocycles. The van der Waals surface area contributed by atoms with Crippen molar-refractivity contribution in [3.05, 3.63) is 76.0 Å². The highest BCUT2D eigenvalue weighted by Gasteiger charge is 2.53. The van der Waals surface area contributed by atoms with Gasteiger partial charge in [0.05, 0.1) is 10.5 Å². The summed E-state index contributed by atoms with van der Waals surface area (Å²) in [4.78, 5) is 35.8. The van der Waals surface area contributed by atoms with Gasteiger partial charge in [-0.3, -0.25) is 19.7 Å². The van der Waals surface area contributed by atoms with Crippen molar-refractivity contribution in [2.45, 2.75) is 5.54 Å². The summed E-state index contributed by atoms with van der Waals surface area (Å²) in [7, 11) is 1.49. The highest BCUT2D eigenvalue weighted by Crippen LogP contribution is 2.44. The van der Waals surface area contributed by atoms with Crippen LogP contribution in [0.25, 0.3) is 5.57 Å². The third kappa shape index (κ3) is 1.81. The minimum atomic E-state index is -1.10. The van der Waals surface area contributed by atoms with Crippen LogP contribution in [0, 0.1) is 10.1 Å². The maximum absolute atomic E-state index is 12.4. The zero-order chi connectivity index (χ0) is 15.9. The quantitative estimate of drug-likeness (QED) is 0.613. The van der Waals surface area contributed by atoms with Crippen molar-refractivity contribution in [2.24, 2.45) is 0 Å². The van der Waals surface area contributed by atoms with Crippen LogP contribution >= 0.6 is 0 Å². The number of rotatable bonds is 2. The summed E-state index contributed by atoms with van der Waals surface area (Å²) in [6.45, 7) is 0. The van der Waals surface area contributed by atoms with E-state index in [1.54, 1.807) is 30.3 Å². The molecule has 0 unspecified atom stereocenters. The molecule has 1 aromatic rings. The zero-order valence-electron chi connectivity index (χ0n) is 11.7. The normalized spacial score (nSPS) is 19.4. The van der Waals surface area contributed by atoms with Gasteiger partial charge in [0.1, 0.15) is 5.54 Å². The fraction of sp³-hybridized carbons (Fsp3) is 0.125. The van der Waals surface area contributed by atoms with E-state index in [0.717, 1.165) is 0 Å². The molecule has 1 amide bonds. The van der Waals surface area contributed by atoms with Crippen LogP contribution in [-0.4, -0.2) is 34.1 Å². The lowest BCUT2D eigenvalue weighted by atomic mass is 9.82. The predicted molar refractivity (Wildman–Crippen MR) is 79.1 cm³/mol. The van der Waals surface area contributed by atoms with Crippen LogP contribution in [0.2, 0.25) is 0 Å². The number of nitrogens with zero attached hydrogens (tertiary/aromatic N) is 2. The summed E-state index contributed by atoms with van der Waals surface area (Å²) in [5, 5.41) is 11.4. The number of nitro groups is 1. The molecule has 1 spiro atoms. The smallest absolute Gasteiger partial charge is 0.319 e. The van der Waals surface area contributed by atoms with E-state index in [0.29, 0.717) is 5.56 Å². The van der Waals surface area contributed by atoms with Gasteiger partial charge in [-0.05, 0) is 29.9 Å². The molecule has 0 saturated carbocycles. The van der Waals surface area contributed by atoms with Gasteiger partial charge in [0.15, 0.2) is 5.78 Å². The minimum absolute atomic E-state index is 0.214. The largest absolute Gasteiger partial charge is 0.340 e. The van der Waals surface area contributed by atoms with Crippen molar-refractivity contribution in [1.82, 2.24) is 4.90 Å². The van der Waals surface area contributed by atoms with Crippen molar-refractivity contribution in [3.8, 4) is 0 Å². The Morgan fingerprint density at radius 3 is 2.23 bits per heavy atom. The lowest BCUT2D eigenvalue weighted by Crippen LogP contribution is -2.43. The highest BCUT2D eigenvalue weighted by atomic mass is 16.6.